The summed E-state index contributed by atoms with van der Waals surface area (Å²) in [6.45, 7) is 2.37. The minimum Gasteiger partial charge on any atom is -0.352 e. The first-order chi connectivity index (χ1) is 10.5. The quantitative estimate of drug-likeness (QED) is 0.615. The Morgan fingerprint density at radius 2 is 2.14 bits per heavy atom. The van der Waals surface area contributed by atoms with Crippen molar-refractivity contribution in [3.05, 3.63) is 52.3 Å². The molecule has 0 fully saturated rings. The van der Waals surface area contributed by atoms with Crippen LogP contribution in [0.4, 0.5) is 5.69 Å². The Bertz CT molecular complexity index is 663. The van der Waals surface area contributed by atoms with Crippen molar-refractivity contribution in [2.45, 2.75) is 19.4 Å². The molecule has 0 saturated carbocycles. The van der Waals surface area contributed by atoms with Gasteiger partial charge >= 0.3 is 0 Å². The molecule has 0 spiro atoms. The van der Waals surface area contributed by atoms with Gasteiger partial charge in [0.15, 0.2) is 0 Å². The van der Waals surface area contributed by atoms with E-state index in [0.29, 0.717) is 24.2 Å². The van der Waals surface area contributed by atoms with Gasteiger partial charge in [-0.05, 0) is 25.5 Å². The van der Waals surface area contributed by atoms with Crippen molar-refractivity contribution < 1.29 is 9.72 Å². The first-order valence-electron chi connectivity index (χ1n) is 6.80. The van der Waals surface area contributed by atoms with Crippen LogP contribution in [-0.4, -0.2) is 33.2 Å². The second kappa shape index (κ2) is 6.81. The molecule has 0 bridgehead atoms. The average Bonchev–Trinajstić information content (AvgIpc) is 2.96. The molecule has 1 unspecified atom stereocenters. The molecule has 8 heteroatoms. The molecule has 0 aliphatic heterocycles. The number of nitrogens with one attached hydrogen (secondary N) is 1. The van der Waals surface area contributed by atoms with Crippen molar-refractivity contribution >= 4 is 11.6 Å². The van der Waals surface area contributed by atoms with Crippen molar-refractivity contribution in [2.24, 2.45) is 5.73 Å². The molecule has 2 rings (SSSR count). The summed E-state index contributed by atoms with van der Waals surface area (Å²) in [5.74, 6) is -0.228. The van der Waals surface area contributed by atoms with E-state index in [-0.39, 0.29) is 17.6 Å². The second-order valence-electron chi connectivity index (χ2n) is 4.97. The van der Waals surface area contributed by atoms with Crippen molar-refractivity contribution in [2.75, 3.05) is 6.54 Å². The van der Waals surface area contributed by atoms with Crippen molar-refractivity contribution in [3.63, 3.8) is 0 Å². The predicted molar refractivity (Wildman–Crippen MR) is 80.8 cm³/mol. The molecule has 1 atom stereocenters. The molecule has 1 aromatic carbocycles. The lowest BCUT2D eigenvalue weighted by molar-refractivity contribution is -0.384. The Labute approximate surface area is 127 Å². The summed E-state index contributed by atoms with van der Waals surface area (Å²) in [6, 6.07) is 5.95. The third-order valence-electron chi connectivity index (χ3n) is 3.06. The third kappa shape index (κ3) is 3.89. The summed E-state index contributed by atoms with van der Waals surface area (Å²) in [6.07, 6.45) is 3.72. The van der Waals surface area contributed by atoms with Gasteiger partial charge in [0.25, 0.3) is 11.6 Å². The monoisotopic (exact) mass is 303 g/mol. The predicted octanol–water partition coefficient (Wildman–Crippen LogP) is 1.25. The van der Waals surface area contributed by atoms with Gasteiger partial charge in [-0.15, -0.1) is 0 Å². The SMILES string of the molecule is CC(N)CCNC(=O)c1cnn(-c2ccc([N+](=O)[O-])cc2)c1. The second-order valence-corrected chi connectivity index (χ2v) is 4.97. The van der Waals surface area contributed by atoms with E-state index in [0.717, 1.165) is 0 Å². The van der Waals surface area contributed by atoms with Crippen LogP contribution in [0.5, 0.6) is 0 Å². The van der Waals surface area contributed by atoms with Crippen LogP contribution in [0.25, 0.3) is 5.69 Å². The van der Waals surface area contributed by atoms with Gasteiger partial charge in [0.05, 0.1) is 22.4 Å². The van der Waals surface area contributed by atoms with E-state index in [9.17, 15) is 14.9 Å². The van der Waals surface area contributed by atoms with E-state index in [1.807, 2.05) is 6.92 Å². The lowest BCUT2D eigenvalue weighted by Crippen LogP contribution is -2.28. The molecular formula is C14H17N5O3. The number of carbonyl (C=O) groups is 1. The number of nitro benzene ring substituents is 1. The maximum absolute atomic E-state index is 11.9. The zero-order chi connectivity index (χ0) is 16.1. The highest BCUT2D eigenvalue weighted by atomic mass is 16.6. The fourth-order valence-corrected chi connectivity index (χ4v) is 1.82. The molecule has 116 valence electrons. The highest BCUT2D eigenvalue weighted by Gasteiger charge is 2.10. The van der Waals surface area contributed by atoms with E-state index in [2.05, 4.69) is 10.4 Å². The van der Waals surface area contributed by atoms with Crippen molar-refractivity contribution in [1.29, 1.82) is 0 Å². The van der Waals surface area contributed by atoms with Gasteiger partial charge in [-0.1, -0.05) is 0 Å². The van der Waals surface area contributed by atoms with E-state index in [1.54, 1.807) is 18.3 Å². The molecular weight excluding hydrogens is 286 g/mol. The Morgan fingerprint density at radius 3 is 2.73 bits per heavy atom. The van der Waals surface area contributed by atoms with Crippen molar-refractivity contribution in [3.8, 4) is 5.69 Å². The Balaban J connectivity index is 2.04. The summed E-state index contributed by atoms with van der Waals surface area (Å²) in [4.78, 5) is 22.1. The number of benzene rings is 1. The van der Waals surface area contributed by atoms with Gasteiger partial charge in [-0.25, -0.2) is 4.68 Å². The summed E-state index contributed by atoms with van der Waals surface area (Å²) in [7, 11) is 0. The van der Waals surface area contributed by atoms with Gasteiger partial charge in [0, 0.05) is 30.9 Å². The van der Waals surface area contributed by atoms with Gasteiger partial charge in [-0.3, -0.25) is 14.9 Å². The van der Waals surface area contributed by atoms with Crippen LogP contribution in [0.1, 0.15) is 23.7 Å². The van der Waals surface area contributed by atoms with Gasteiger partial charge in [0.2, 0.25) is 0 Å². The van der Waals surface area contributed by atoms with Crippen LogP contribution in [-0.2, 0) is 0 Å². The zero-order valence-corrected chi connectivity index (χ0v) is 12.1. The van der Waals surface area contributed by atoms with Crippen LogP contribution >= 0.6 is 0 Å². The number of nitrogens with two attached hydrogens (primary N) is 1. The Hall–Kier alpha value is -2.74. The number of hydrogen-bond donors (Lipinski definition) is 2. The van der Waals surface area contributed by atoms with E-state index in [4.69, 9.17) is 5.73 Å². The number of aromatic nitrogens is 2. The van der Waals surface area contributed by atoms with Crippen LogP contribution in [0.2, 0.25) is 0 Å². The van der Waals surface area contributed by atoms with Gasteiger partial charge in [-0.2, -0.15) is 5.10 Å². The van der Waals surface area contributed by atoms with Crippen LogP contribution in [0.15, 0.2) is 36.7 Å². The molecule has 0 radical (unpaired) electrons. The van der Waals surface area contributed by atoms with Gasteiger partial charge in [0.1, 0.15) is 0 Å². The zero-order valence-electron chi connectivity index (χ0n) is 12.1. The lowest BCUT2D eigenvalue weighted by atomic mass is 10.2. The first kappa shape index (κ1) is 15.6. The highest BCUT2D eigenvalue weighted by Crippen LogP contribution is 2.15. The molecule has 1 aromatic heterocycles. The fraction of sp³-hybridized carbons (Fsp3) is 0.286. The summed E-state index contributed by atoms with van der Waals surface area (Å²) >= 11 is 0. The Kier molecular flexibility index (Phi) is 4.84. The maximum Gasteiger partial charge on any atom is 0.269 e. The van der Waals surface area contributed by atoms with Crippen LogP contribution in [0, 0.1) is 10.1 Å². The van der Waals surface area contributed by atoms with E-state index < -0.39 is 4.92 Å². The van der Waals surface area contributed by atoms with Gasteiger partial charge < -0.3 is 11.1 Å². The standard InChI is InChI=1S/C14H17N5O3/c1-10(15)6-7-16-14(20)11-8-17-18(9-11)12-2-4-13(5-3-12)19(21)22/h2-5,8-10H,6-7,15H2,1H3,(H,16,20). The average molecular weight is 303 g/mol. The largest absolute Gasteiger partial charge is 0.352 e. The van der Waals surface area contributed by atoms with Crippen molar-refractivity contribution in [1.82, 2.24) is 15.1 Å². The first-order valence-corrected chi connectivity index (χ1v) is 6.80. The third-order valence-corrected chi connectivity index (χ3v) is 3.06. The fourth-order valence-electron chi connectivity index (χ4n) is 1.82. The molecule has 2 aromatic rings. The minimum absolute atomic E-state index is 0.00442. The molecule has 0 saturated heterocycles. The molecule has 0 aliphatic rings. The number of carbonyl (C=O) groups excluding carboxylic acids is 1. The molecule has 1 heterocycles. The number of nitro groups is 1. The molecule has 8 nitrogen and oxygen atoms in total. The van der Waals surface area contributed by atoms with Crippen LogP contribution < -0.4 is 11.1 Å². The molecule has 22 heavy (non-hydrogen) atoms. The minimum atomic E-state index is -0.468. The van der Waals surface area contributed by atoms with Crippen LogP contribution in [0.3, 0.4) is 0 Å². The number of nitrogens with zero attached hydrogens (tertiary/aromatic N) is 3. The lowest BCUT2D eigenvalue weighted by Gasteiger charge is -2.05. The van der Waals surface area contributed by atoms with E-state index in [1.165, 1.54) is 23.0 Å². The number of amides is 1. The molecule has 3 N–H and O–H groups in total. The molecule has 0 aliphatic carbocycles. The number of rotatable bonds is 6. The maximum atomic E-state index is 11.9. The highest BCUT2D eigenvalue weighted by molar-refractivity contribution is 5.93. The summed E-state index contributed by atoms with van der Waals surface area (Å²) < 4.78 is 1.49. The number of non-ortho nitro benzene ring substituents is 1. The summed E-state index contributed by atoms with van der Waals surface area (Å²) in [5.41, 5.74) is 6.68. The summed E-state index contributed by atoms with van der Waals surface area (Å²) in [5, 5.41) is 17.5. The molecule has 1 amide bonds. The van der Waals surface area contributed by atoms with E-state index >= 15 is 0 Å². The Morgan fingerprint density at radius 1 is 1.45 bits per heavy atom. The smallest absolute Gasteiger partial charge is 0.269 e. The number of hydrogen-bond acceptors (Lipinski definition) is 5. The normalized spacial score (nSPS) is 11.9. The topological polar surface area (TPSA) is 116 Å².